The summed E-state index contributed by atoms with van der Waals surface area (Å²) in [5.41, 5.74) is -1.50. The zero-order valence-electron chi connectivity index (χ0n) is 60.1. The lowest BCUT2D eigenvalue weighted by atomic mass is 9.76. The van der Waals surface area contributed by atoms with E-state index >= 15 is 0 Å². The molecule has 0 saturated carbocycles. The molecular formula is C70H105N9O21. The Bertz CT molecular complexity index is 3250. The minimum absolute atomic E-state index is 0.0185. The van der Waals surface area contributed by atoms with Crippen molar-refractivity contribution in [2.45, 2.75) is 219 Å². The van der Waals surface area contributed by atoms with Crippen LogP contribution < -0.4 is 42.0 Å². The fourth-order valence-electron chi connectivity index (χ4n) is 10.9. The standard InChI is InChI=1S/C70H105N9O21/c1-40(2)47(34-41(3)63(91)92)78(14)62(90)59(67(4,5)6)77-61(89)58(71-13)70(11,12)44-20-19-21-45(36-44)75-66(95)97-39-42-23-24-48(99-65-56(87)54(85)55(86)57(100-65)64(93)94)43(35-42)37-73-50(81)28-31-72-60(88)46(76-51(82)22-17-16-18-32-79-52(83)25-26-53(79)84)38-74-49(80)27-29-69(9,10)98-33-30-68(7,8)96-15/h19-21,23-26,34-36,40,46-47,54-59,65,71,85-87H,16-18,22,27-33,37-39H2,1-15H3,(H,72,88)(H,73,81)(H,74,80)(H,75,95)(H,76,82)(H,77,89)(H,91,92)(H,93,94)/b41-34+. The molecule has 2 aromatic rings. The molecule has 0 aromatic heterocycles. The van der Waals surface area contributed by atoms with Gasteiger partial charge in [0.05, 0.1) is 29.9 Å². The average Bonchev–Trinajstić information content (AvgIpc) is 1.05. The van der Waals surface area contributed by atoms with E-state index in [1.807, 2.05) is 41.5 Å². The van der Waals surface area contributed by atoms with Gasteiger partial charge in [0.2, 0.25) is 41.7 Å². The average molecular weight is 1410 g/mol. The van der Waals surface area contributed by atoms with E-state index in [9.17, 15) is 78.3 Å². The Labute approximate surface area is 584 Å². The molecule has 0 bridgehead atoms. The number of likely N-dealkylation sites (N-methyl/N-ethyl adjacent to an activating group) is 2. The molecule has 12 N–H and O–H groups in total. The van der Waals surface area contributed by atoms with Gasteiger partial charge in [-0.25, -0.2) is 14.4 Å². The monoisotopic (exact) mass is 1410 g/mol. The van der Waals surface area contributed by atoms with Gasteiger partial charge in [0.15, 0.2) is 6.10 Å². The number of ether oxygens (including phenoxy) is 5. The highest BCUT2D eigenvalue weighted by molar-refractivity contribution is 6.12. The second kappa shape index (κ2) is 37.9. The normalized spacial score (nSPS) is 18.6. The molecule has 4 rings (SSSR count). The van der Waals surface area contributed by atoms with Gasteiger partial charge in [0.1, 0.15) is 42.8 Å². The van der Waals surface area contributed by atoms with Crippen LogP contribution in [0.5, 0.6) is 5.75 Å². The molecule has 0 radical (unpaired) electrons. The van der Waals surface area contributed by atoms with Crippen molar-refractivity contribution in [3.05, 3.63) is 83.0 Å². The first-order valence-electron chi connectivity index (χ1n) is 33.4. The van der Waals surface area contributed by atoms with Gasteiger partial charge in [0.25, 0.3) is 11.8 Å². The number of carbonyl (C=O) groups is 11. The van der Waals surface area contributed by atoms with Crippen LogP contribution >= 0.6 is 0 Å². The van der Waals surface area contributed by atoms with Crippen molar-refractivity contribution in [1.29, 1.82) is 0 Å². The van der Waals surface area contributed by atoms with Crippen molar-refractivity contribution < 1.29 is 102 Å². The van der Waals surface area contributed by atoms with Gasteiger partial charge in [-0.05, 0) is 114 Å². The molecule has 2 heterocycles. The second-order valence-corrected chi connectivity index (χ2v) is 28.2. The molecule has 30 nitrogen and oxygen atoms in total. The van der Waals surface area contributed by atoms with Gasteiger partial charge in [-0.1, -0.05) is 79.2 Å². The van der Waals surface area contributed by atoms with Gasteiger partial charge in [-0.3, -0.25) is 48.6 Å². The smallest absolute Gasteiger partial charge is 0.411 e. The molecule has 1 fully saturated rings. The van der Waals surface area contributed by atoms with Gasteiger partial charge in [0, 0.05) is 94.0 Å². The lowest BCUT2D eigenvalue weighted by Gasteiger charge is -2.40. The maximum absolute atomic E-state index is 14.4. The summed E-state index contributed by atoms with van der Waals surface area (Å²) >= 11 is 0. The van der Waals surface area contributed by atoms with E-state index < -0.39 is 149 Å². The Kier molecular flexibility index (Phi) is 31.8. The number of benzene rings is 2. The first kappa shape index (κ1) is 84.0. The number of rotatable bonds is 39. The summed E-state index contributed by atoms with van der Waals surface area (Å²) in [5, 5.41) is 70.4. The number of imide groups is 1. The highest BCUT2D eigenvalue weighted by Crippen LogP contribution is 2.33. The number of hydrogen-bond acceptors (Lipinski definition) is 20. The van der Waals surface area contributed by atoms with Crippen molar-refractivity contribution in [3.8, 4) is 5.75 Å². The van der Waals surface area contributed by atoms with Crippen LogP contribution in [0.15, 0.2) is 66.3 Å². The summed E-state index contributed by atoms with van der Waals surface area (Å²) in [5.74, 6) is -7.17. The fourth-order valence-corrected chi connectivity index (χ4v) is 10.9. The van der Waals surface area contributed by atoms with Gasteiger partial charge in [-0.15, -0.1) is 0 Å². The Balaban J connectivity index is 1.47. The molecule has 9 amide bonds. The predicted octanol–water partition coefficient (Wildman–Crippen LogP) is 3.22. The third kappa shape index (κ3) is 25.7. The number of carboxylic acid groups (broad SMARTS) is 2. The number of nitrogens with zero attached hydrogens (tertiary/aromatic N) is 2. The first-order chi connectivity index (χ1) is 46.6. The molecule has 2 aliphatic rings. The minimum atomic E-state index is -2.03. The number of aliphatic carboxylic acids is 2. The van der Waals surface area contributed by atoms with Crippen LogP contribution in [0.4, 0.5) is 10.5 Å². The van der Waals surface area contributed by atoms with Crippen LogP contribution in [0, 0.1) is 11.3 Å². The van der Waals surface area contributed by atoms with Crippen LogP contribution in [-0.4, -0.2) is 214 Å². The number of methoxy groups -OCH3 is 1. The first-order valence-corrected chi connectivity index (χ1v) is 33.4. The maximum atomic E-state index is 14.4. The topological polar surface area (TPSA) is 426 Å². The van der Waals surface area contributed by atoms with Crippen LogP contribution in [0.3, 0.4) is 0 Å². The number of aliphatic hydroxyl groups is 3. The maximum Gasteiger partial charge on any atom is 0.411 e. The third-order valence-corrected chi connectivity index (χ3v) is 17.5. The van der Waals surface area contributed by atoms with Crippen LogP contribution in [0.2, 0.25) is 0 Å². The number of unbranched alkanes of at least 4 members (excludes halogenated alkanes) is 2. The quantitative estimate of drug-likeness (QED) is 0.0260. The second-order valence-electron chi connectivity index (χ2n) is 28.2. The Morgan fingerprint density at radius 1 is 0.740 bits per heavy atom. The van der Waals surface area contributed by atoms with Crippen molar-refractivity contribution in [3.63, 3.8) is 0 Å². The highest BCUT2D eigenvalue weighted by atomic mass is 16.7. The van der Waals surface area contributed by atoms with E-state index in [-0.39, 0.29) is 73.9 Å². The summed E-state index contributed by atoms with van der Waals surface area (Å²) in [7, 11) is 4.77. The van der Waals surface area contributed by atoms with Crippen LogP contribution in [0.1, 0.15) is 151 Å². The predicted molar refractivity (Wildman–Crippen MR) is 365 cm³/mol. The Hall–Kier alpha value is -8.39. The van der Waals surface area contributed by atoms with Crippen molar-refractivity contribution >= 4 is 71.0 Å². The summed E-state index contributed by atoms with van der Waals surface area (Å²) < 4.78 is 28.4. The molecule has 0 spiro atoms. The van der Waals surface area contributed by atoms with E-state index in [2.05, 4.69) is 37.2 Å². The minimum Gasteiger partial charge on any atom is -0.479 e. The number of nitrogens with one attached hydrogen (secondary N) is 7. The van der Waals surface area contributed by atoms with Gasteiger partial charge >= 0.3 is 18.0 Å². The van der Waals surface area contributed by atoms with E-state index in [4.69, 9.17) is 23.7 Å². The Morgan fingerprint density at radius 2 is 1.40 bits per heavy atom. The number of hydrogen-bond donors (Lipinski definition) is 12. The molecule has 0 aliphatic carbocycles. The molecule has 9 atom stereocenters. The number of carbonyl (C=O) groups excluding carboxylic acids is 9. The van der Waals surface area contributed by atoms with E-state index in [0.717, 1.165) is 4.90 Å². The van der Waals surface area contributed by atoms with Crippen LogP contribution in [-0.2, 0) is 85.5 Å². The highest BCUT2D eigenvalue weighted by Gasteiger charge is 2.49. The molecular weight excluding hydrogens is 1300 g/mol. The largest absolute Gasteiger partial charge is 0.479 e. The number of amides is 9. The molecule has 9 unspecified atom stereocenters. The number of anilines is 1. The molecule has 2 aromatic carbocycles. The lowest BCUT2D eigenvalue weighted by molar-refractivity contribution is -0.271. The van der Waals surface area contributed by atoms with Crippen molar-refractivity contribution in [2.75, 3.05) is 52.8 Å². The zero-order chi connectivity index (χ0) is 75.2. The zero-order valence-corrected chi connectivity index (χ0v) is 60.1. The van der Waals surface area contributed by atoms with Crippen molar-refractivity contribution in [1.82, 2.24) is 41.7 Å². The van der Waals surface area contributed by atoms with E-state index in [1.165, 1.54) is 48.3 Å². The Morgan fingerprint density at radius 3 is 2.01 bits per heavy atom. The number of carboxylic acids is 2. The summed E-state index contributed by atoms with van der Waals surface area (Å²) in [4.78, 5) is 146. The summed E-state index contributed by atoms with van der Waals surface area (Å²) in [6, 6.07) is 7.02. The van der Waals surface area contributed by atoms with Crippen molar-refractivity contribution in [2.24, 2.45) is 11.3 Å². The van der Waals surface area contributed by atoms with Gasteiger partial charge < -0.3 is 86.0 Å². The molecule has 556 valence electrons. The lowest BCUT2D eigenvalue weighted by Crippen LogP contribution is -2.61. The third-order valence-electron chi connectivity index (χ3n) is 17.5. The van der Waals surface area contributed by atoms with Gasteiger partial charge in [-0.2, -0.15) is 0 Å². The van der Waals surface area contributed by atoms with E-state index in [1.54, 1.807) is 80.1 Å². The summed E-state index contributed by atoms with van der Waals surface area (Å²) in [6.07, 6.45) is -5.14. The molecule has 100 heavy (non-hydrogen) atoms. The molecule has 1 saturated heterocycles. The molecule has 2 aliphatic heterocycles. The fraction of sp³-hybridized carbons (Fsp3) is 0.614. The summed E-state index contributed by atoms with van der Waals surface area (Å²) in [6.45, 7) is 20.9. The van der Waals surface area contributed by atoms with Crippen LogP contribution in [0.25, 0.3) is 0 Å². The van der Waals surface area contributed by atoms with E-state index in [0.29, 0.717) is 49.8 Å². The molecule has 30 heteroatoms. The SMILES string of the molecule is CNC(C(=O)NC(C(=O)N(C)C(/C=C(\C)C(=O)O)C(C)C)C(C)(C)C)C(C)(C)c1cccc(NC(=O)OCc2ccc(OC3OC(C(=O)O)C(O)C(O)C3O)c(CNC(=O)CCNC(=O)C(CNC(=O)CCC(C)(C)OCCC(C)(C)OC)NC(=O)CCCCCN3C(=O)C=CC3=O)c2)c1. The number of aliphatic hydroxyl groups excluding tert-OH is 3.